The highest BCUT2D eigenvalue weighted by atomic mass is 32.2. The average molecular weight is 412 g/mol. The Bertz CT molecular complexity index is 949. The summed E-state index contributed by atoms with van der Waals surface area (Å²) in [4.78, 5) is 14.2. The summed E-state index contributed by atoms with van der Waals surface area (Å²) in [6.07, 6.45) is 0.904. The minimum Gasteiger partial charge on any atom is -0.497 e. The van der Waals surface area contributed by atoms with Crippen LogP contribution in [0.1, 0.15) is 12.5 Å². The van der Waals surface area contributed by atoms with Crippen molar-refractivity contribution in [1.82, 2.24) is 4.90 Å². The molecule has 0 bridgehead atoms. The summed E-state index contributed by atoms with van der Waals surface area (Å²) in [5.41, 5.74) is 0.697. The van der Waals surface area contributed by atoms with Crippen molar-refractivity contribution < 1.29 is 26.7 Å². The molecule has 0 saturated carbocycles. The molecule has 0 aromatic heterocycles. The maximum absolute atomic E-state index is 13.6. The van der Waals surface area contributed by atoms with E-state index >= 15 is 0 Å². The van der Waals surface area contributed by atoms with E-state index in [-0.39, 0.29) is 12.2 Å². The average Bonchev–Trinajstić information content (AvgIpc) is 2.63. The van der Waals surface area contributed by atoms with Crippen LogP contribution >= 0.6 is 0 Å². The molecule has 1 amide bonds. The lowest BCUT2D eigenvalue weighted by atomic mass is 10.2. The highest BCUT2D eigenvalue weighted by Crippen LogP contribution is 2.24. The quantitative estimate of drug-likeness (QED) is 0.702. The van der Waals surface area contributed by atoms with Crippen molar-refractivity contribution in [1.29, 1.82) is 0 Å². The third kappa shape index (κ3) is 4.98. The lowest BCUT2D eigenvalue weighted by molar-refractivity contribution is -0.131. The predicted molar refractivity (Wildman–Crippen MR) is 103 cm³/mol. The third-order valence-corrected chi connectivity index (χ3v) is 5.42. The molecule has 2 aromatic carbocycles. The lowest BCUT2D eigenvalue weighted by Gasteiger charge is -2.31. The third-order valence-electron chi connectivity index (χ3n) is 4.18. The number of halogens is 2. The van der Waals surface area contributed by atoms with Crippen molar-refractivity contribution in [2.24, 2.45) is 0 Å². The maximum atomic E-state index is 13.6. The fourth-order valence-corrected chi connectivity index (χ4v) is 3.99. The molecule has 0 aliphatic heterocycles. The Labute approximate surface area is 163 Å². The second-order valence-corrected chi connectivity index (χ2v) is 8.24. The number of nitrogens with zero attached hydrogens (tertiary/aromatic N) is 2. The van der Waals surface area contributed by atoms with Crippen LogP contribution in [-0.2, 0) is 21.4 Å². The van der Waals surface area contributed by atoms with Gasteiger partial charge in [0.25, 0.3) is 0 Å². The van der Waals surface area contributed by atoms with Gasteiger partial charge in [-0.05, 0) is 36.8 Å². The summed E-state index contributed by atoms with van der Waals surface area (Å²) < 4.78 is 57.2. The van der Waals surface area contributed by atoms with Gasteiger partial charge in [-0.15, -0.1) is 0 Å². The first-order valence-electron chi connectivity index (χ1n) is 8.37. The van der Waals surface area contributed by atoms with Gasteiger partial charge in [-0.2, -0.15) is 0 Å². The van der Waals surface area contributed by atoms with Crippen molar-refractivity contribution in [2.45, 2.75) is 19.5 Å². The number of amides is 1. The predicted octanol–water partition coefficient (Wildman–Crippen LogP) is 2.79. The Morgan fingerprint density at radius 1 is 1.11 bits per heavy atom. The molecule has 152 valence electrons. The van der Waals surface area contributed by atoms with Gasteiger partial charge in [0, 0.05) is 19.7 Å². The Morgan fingerprint density at radius 3 is 2.21 bits per heavy atom. The molecule has 0 spiro atoms. The number of rotatable bonds is 7. The minimum atomic E-state index is -3.93. The zero-order chi connectivity index (χ0) is 21.1. The van der Waals surface area contributed by atoms with Gasteiger partial charge in [0.1, 0.15) is 11.8 Å². The lowest BCUT2D eigenvalue weighted by Crippen LogP contribution is -2.48. The Hall–Kier alpha value is -2.68. The number of hydrogen-bond acceptors (Lipinski definition) is 4. The van der Waals surface area contributed by atoms with Crippen molar-refractivity contribution in [3.05, 3.63) is 59.7 Å². The summed E-state index contributed by atoms with van der Waals surface area (Å²) in [6, 6.07) is 8.62. The zero-order valence-corrected chi connectivity index (χ0v) is 16.8. The topological polar surface area (TPSA) is 66.9 Å². The summed E-state index contributed by atoms with van der Waals surface area (Å²) in [5.74, 6) is -2.12. The molecule has 0 saturated heterocycles. The second-order valence-electron chi connectivity index (χ2n) is 6.38. The first-order valence-corrected chi connectivity index (χ1v) is 10.2. The van der Waals surface area contributed by atoms with E-state index in [0.717, 1.165) is 34.3 Å². The Kier molecular flexibility index (Phi) is 6.60. The molecule has 0 radical (unpaired) electrons. The van der Waals surface area contributed by atoms with E-state index < -0.39 is 33.6 Å². The molecule has 1 atom stereocenters. The molecule has 2 aromatic rings. The van der Waals surface area contributed by atoms with E-state index in [1.807, 2.05) is 0 Å². The molecule has 28 heavy (non-hydrogen) atoms. The fourth-order valence-electron chi connectivity index (χ4n) is 2.83. The van der Waals surface area contributed by atoms with Crippen LogP contribution in [0.5, 0.6) is 5.75 Å². The van der Waals surface area contributed by atoms with Gasteiger partial charge in [0.15, 0.2) is 11.6 Å². The molecule has 0 aliphatic rings. The molecule has 6 nitrogen and oxygen atoms in total. The molecular weight excluding hydrogens is 390 g/mol. The number of anilines is 1. The van der Waals surface area contributed by atoms with E-state index in [1.54, 1.807) is 31.4 Å². The van der Waals surface area contributed by atoms with Crippen molar-refractivity contribution in [3.8, 4) is 5.75 Å². The highest BCUT2D eigenvalue weighted by Gasteiger charge is 2.31. The largest absolute Gasteiger partial charge is 0.497 e. The molecule has 0 fully saturated rings. The first-order chi connectivity index (χ1) is 13.0. The van der Waals surface area contributed by atoms with Crippen LogP contribution in [0.4, 0.5) is 14.5 Å². The fraction of sp³-hybridized carbons (Fsp3) is 0.316. The first kappa shape index (κ1) is 21.6. The Morgan fingerprint density at radius 2 is 1.71 bits per heavy atom. The van der Waals surface area contributed by atoms with Crippen LogP contribution in [0, 0.1) is 11.6 Å². The molecule has 9 heteroatoms. The van der Waals surface area contributed by atoms with Gasteiger partial charge >= 0.3 is 0 Å². The number of carbonyl (C=O) groups is 1. The SMILES string of the molecule is COc1ccc(CN(C)C(=O)[C@H](C)N(c2ccc(F)c(F)c2)S(C)(=O)=O)cc1. The van der Waals surface area contributed by atoms with Gasteiger partial charge in [0.05, 0.1) is 19.1 Å². The number of benzene rings is 2. The Balaban J connectivity index is 2.25. The minimum absolute atomic E-state index is 0.125. The van der Waals surface area contributed by atoms with Crippen LogP contribution in [-0.4, -0.2) is 45.7 Å². The standard InChI is InChI=1S/C19H22F2N2O4S/c1-13(19(24)22(2)12-14-5-8-16(27-3)9-6-14)23(28(4,25)26)15-7-10-17(20)18(21)11-15/h5-11,13H,12H2,1-4H3/t13-/m0/s1. The number of ether oxygens (including phenoxy) is 1. The molecule has 2 rings (SSSR count). The number of hydrogen-bond donors (Lipinski definition) is 0. The number of carbonyl (C=O) groups excluding carboxylic acids is 1. The molecule has 0 heterocycles. The zero-order valence-electron chi connectivity index (χ0n) is 16.0. The monoisotopic (exact) mass is 412 g/mol. The van der Waals surface area contributed by atoms with Crippen molar-refractivity contribution >= 4 is 21.6 Å². The van der Waals surface area contributed by atoms with Crippen LogP contribution < -0.4 is 9.04 Å². The number of sulfonamides is 1. The summed E-state index contributed by atoms with van der Waals surface area (Å²) >= 11 is 0. The molecule has 0 aliphatic carbocycles. The van der Waals surface area contributed by atoms with Crippen LogP contribution in [0.3, 0.4) is 0 Å². The summed E-state index contributed by atoms with van der Waals surface area (Å²) in [5, 5.41) is 0. The van der Waals surface area contributed by atoms with Gasteiger partial charge in [-0.25, -0.2) is 17.2 Å². The summed E-state index contributed by atoms with van der Waals surface area (Å²) in [6.45, 7) is 1.64. The molecular formula is C19H22F2N2O4S. The molecule has 0 unspecified atom stereocenters. The second kappa shape index (κ2) is 8.55. The van der Waals surface area contributed by atoms with E-state index in [4.69, 9.17) is 4.74 Å². The molecule has 0 N–H and O–H groups in total. The maximum Gasteiger partial charge on any atom is 0.246 e. The smallest absolute Gasteiger partial charge is 0.246 e. The van der Waals surface area contributed by atoms with Crippen molar-refractivity contribution in [2.75, 3.05) is 24.7 Å². The van der Waals surface area contributed by atoms with Gasteiger partial charge in [0.2, 0.25) is 15.9 Å². The number of methoxy groups -OCH3 is 1. The van der Waals surface area contributed by atoms with Crippen LogP contribution in [0.15, 0.2) is 42.5 Å². The van der Waals surface area contributed by atoms with Gasteiger partial charge < -0.3 is 9.64 Å². The normalized spacial score (nSPS) is 12.4. The van der Waals surface area contributed by atoms with Gasteiger partial charge in [-0.1, -0.05) is 12.1 Å². The van der Waals surface area contributed by atoms with Gasteiger partial charge in [-0.3, -0.25) is 9.10 Å². The summed E-state index contributed by atoms with van der Waals surface area (Å²) in [7, 11) is -0.845. The number of likely N-dealkylation sites (N-methyl/N-ethyl adjacent to an activating group) is 1. The van der Waals surface area contributed by atoms with E-state index in [0.29, 0.717) is 5.75 Å². The van der Waals surface area contributed by atoms with Crippen LogP contribution in [0.2, 0.25) is 0 Å². The van der Waals surface area contributed by atoms with Crippen molar-refractivity contribution in [3.63, 3.8) is 0 Å². The van der Waals surface area contributed by atoms with E-state index in [2.05, 4.69) is 0 Å². The van der Waals surface area contributed by atoms with Crippen LogP contribution in [0.25, 0.3) is 0 Å². The van der Waals surface area contributed by atoms with E-state index in [1.165, 1.54) is 18.9 Å². The van der Waals surface area contributed by atoms with E-state index in [9.17, 15) is 22.0 Å². The highest BCUT2D eigenvalue weighted by molar-refractivity contribution is 7.92.